The van der Waals surface area contributed by atoms with Crippen LogP contribution in [-0.2, 0) is 19.6 Å². The number of carbonyl (C=O) groups is 2. The number of nitrogens with zero attached hydrogens (tertiary/aromatic N) is 3. The average Bonchev–Trinajstić information content (AvgIpc) is 2.64. The lowest BCUT2D eigenvalue weighted by Gasteiger charge is -2.32. The number of benzene rings is 1. The van der Waals surface area contributed by atoms with Gasteiger partial charge in [-0.1, -0.05) is 11.6 Å². The number of methoxy groups -OCH3 is 1. The lowest BCUT2D eigenvalue weighted by molar-refractivity contribution is -0.135. The van der Waals surface area contributed by atoms with Crippen molar-refractivity contribution in [2.75, 3.05) is 50.4 Å². The van der Waals surface area contributed by atoms with E-state index in [9.17, 15) is 18.0 Å². The lowest BCUT2D eigenvalue weighted by Crippen LogP contribution is -2.48. The van der Waals surface area contributed by atoms with E-state index in [1.807, 2.05) is 0 Å². The Balaban J connectivity index is 1.97. The van der Waals surface area contributed by atoms with Gasteiger partial charge in [0.25, 0.3) is 0 Å². The van der Waals surface area contributed by atoms with E-state index >= 15 is 0 Å². The Labute approximate surface area is 164 Å². The van der Waals surface area contributed by atoms with Gasteiger partial charge in [-0.05, 0) is 24.6 Å². The van der Waals surface area contributed by atoms with Crippen molar-refractivity contribution < 1.29 is 22.7 Å². The molecule has 0 N–H and O–H groups in total. The number of piperazine rings is 1. The summed E-state index contributed by atoms with van der Waals surface area (Å²) in [7, 11) is -2.04. The molecule has 8 nitrogen and oxygen atoms in total. The molecule has 0 bridgehead atoms. The topological polar surface area (TPSA) is 87.2 Å². The van der Waals surface area contributed by atoms with Gasteiger partial charge >= 0.3 is 0 Å². The number of rotatable bonds is 8. The highest BCUT2D eigenvalue weighted by Crippen LogP contribution is 2.30. The van der Waals surface area contributed by atoms with E-state index in [1.54, 1.807) is 21.9 Å². The third-order valence-electron chi connectivity index (χ3n) is 4.39. The van der Waals surface area contributed by atoms with Gasteiger partial charge in [-0.2, -0.15) is 0 Å². The summed E-state index contributed by atoms with van der Waals surface area (Å²) in [5.41, 5.74) is 0.426. The van der Waals surface area contributed by atoms with E-state index in [-0.39, 0.29) is 18.9 Å². The summed E-state index contributed by atoms with van der Waals surface area (Å²) in [6, 6.07) is 4.75. The van der Waals surface area contributed by atoms with Crippen molar-refractivity contribution in [3.05, 3.63) is 23.2 Å². The Kier molecular flexibility index (Phi) is 7.32. The van der Waals surface area contributed by atoms with Gasteiger partial charge in [0.1, 0.15) is 5.75 Å². The zero-order valence-electron chi connectivity index (χ0n) is 15.4. The largest absolute Gasteiger partial charge is 0.495 e. The Morgan fingerprint density at radius 1 is 1.30 bits per heavy atom. The molecule has 0 radical (unpaired) electrons. The van der Waals surface area contributed by atoms with Crippen LogP contribution in [0.25, 0.3) is 0 Å². The summed E-state index contributed by atoms with van der Waals surface area (Å²) in [6.07, 6.45) is 2.51. The minimum atomic E-state index is -3.52. The Hall–Kier alpha value is -2.00. The molecule has 0 aromatic heterocycles. The number of hydrogen-bond acceptors (Lipinski definition) is 5. The summed E-state index contributed by atoms with van der Waals surface area (Å²) in [6.45, 7) is 2.22. The molecule has 1 fully saturated rings. The van der Waals surface area contributed by atoms with Crippen LogP contribution in [-0.4, -0.2) is 76.6 Å². The SMILES string of the molecule is COc1ccc(N(CCCC(=O)N2CCN(C=O)CC2)S(C)(=O)=O)cc1Cl. The van der Waals surface area contributed by atoms with E-state index in [2.05, 4.69) is 0 Å². The maximum absolute atomic E-state index is 12.3. The number of halogens is 1. The van der Waals surface area contributed by atoms with Crippen LogP contribution in [0.1, 0.15) is 12.8 Å². The summed E-state index contributed by atoms with van der Waals surface area (Å²) in [4.78, 5) is 26.4. The number of hydrogen-bond donors (Lipinski definition) is 0. The first kappa shape index (κ1) is 21.3. The third kappa shape index (κ3) is 5.74. The fourth-order valence-electron chi connectivity index (χ4n) is 2.91. The Morgan fingerprint density at radius 3 is 2.48 bits per heavy atom. The van der Waals surface area contributed by atoms with Crippen LogP contribution in [0.15, 0.2) is 18.2 Å². The van der Waals surface area contributed by atoms with Gasteiger partial charge in [0, 0.05) is 39.1 Å². The number of anilines is 1. The number of ether oxygens (including phenoxy) is 1. The summed E-state index contributed by atoms with van der Waals surface area (Å²) >= 11 is 6.10. The molecule has 27 heavy (non-hydrogen) atoms. The van der Waals surface area contributed by atoms with Crippen molar-refractivity contribution in [1.29, 1.82) is 0 Å². The fourth-order valence-corrected chi connectivity index (χ4v) is 4.11. The van der Waals surface area contributed by atoms with Crippen LogP contribution in [0.4, 0.5) is 5.69 Å². The van der Waals surface area contributed by atoms with Crippen molar-refractivity contribution in [2.24, 2.45) is 0 Å². The third-order valence-corrected chi connectivity index (χ3v) is 5.88. The van der Waals surface area contributed by atoms with Gasteiger partial charge in [0.2, 0.25) is 22.3 Å². The van der Waals surface area contributed by atoms with E-state index in [1.165, 1.54) is 17.5 Å². The van der Waals surface area contributed by atoms with Crippen LogP contribution >= 0.6 is 11.6 Å². The molecule has 0 spiro atoms. The summed E-state index contributed by atoms with van der Waals surface area (Å²) in [5.74, 6) is 0.417. The van der Waals surface area contributed by atoms with E-state index in [4.69, 9.17) is 16.3 Å². The van der Waals surface area contributed by atoms with Crippen molar-refractivity contribution in [2.45, 2.75) is 12.8 Å². The second-order valence-electron chi connectivity index (χ2n) is 6.28. The number of carbonyl (C=O) groups excluding carboxylic acids is 2. The summed E-state index contributed by atoms with van der Waals surface area (Å²) in [5, 5.41) is 0.313. The highest BCUT2D eigenvalue weighted by Gasteiger charge is 2.22. The molecule has 1 aromatic carbocycles. The predicted octanol–water partition coefficient (Wildman–Crippen LogP) is 1.20. The van der Waals surface area contributed by atoms with Crippen molar-refractivity contribution in [1.82, 2.24) is 9.80 Å². The highest BCUT2D eigenvalue weighted by molar-refractivity contribution is 7.92. The second-order valence-corrected chi connectivity index (χ2v) is 8.59. The van der Waals surface area contributed by atoms with Crippen LogP contribution in [0.3, 0.4) is 0 Å². The van der Waals surface area contributed by atoms with Crippen molar-refractivity contribution in [3.8, 4) is 5.75 Å². The molecule has 1 saturated heterocycles. The maximum Gasteiger partial charge on any atom is 0.232 e. The van der Waals surface area contributed by atoms with Gasteiger partial charge in [-0.25, -0.2) is 8.42 Å². The van der Waals surface area contributed by atoms with Gasteiger partial charge in [0.15, 0.2) is 0 Å². The quantitative estimate of drug-likeness (QED) is 0.593. The Morgan fingerprint density at radius 2 is 1.96 bits per heavy atom. The highest BCUT2D eigenvalue weighted by atomic mass is 35.5. The molecule has 0 saturated carbocycles. The van der Waals surface area contributed by atoms with Gasteiger partial charge in [0.05, 0.1) is 24.1 Å². The molecule has 0 unspecified atom stereocenters. The van der Waals surface area contributed by atoms with Crippen LogP contribution in [0.5, 0.6) is 5.75 Å². The molecule has 1 aromatic rings. The zero-order valence-corrected chi connectivity index (χ0v) is 17.0. The van der Waals surface area contributed by atoms with E-state index < -0.39 is 10.0 Å². The predicted molar refractivity (Wildman–Crippen MR) is 104 cm³/mol. The van der Waals surface area contributed by atoms with Gasteiger partial charge in [-0.15, -0.1) is 0 Å². The Bertz CT molecular complexity index is 779. The minimum Gasteiger partial charge on any atom is -0.495 e. The number of amides is 2. The molecular weight excluding hydrogens is 394 g/mol. The summed E-state index contributed by atoms with van der Waals surface area (Å²) < 4.78 is 30.6. The smallest absolute Gasteiger partial charge is 0.232 e. The first-order chi connectivity index (χ1) is 12.8. The standard InChI is InChI=1S/C17H24ClN3O5S/c1-26-16-6-5-14(12-15(16)18)21(27(2,24)25)7-3-4-17(23)20-10-8-19(13-22)9-11-20/h5-6,12-13H,3-4,7-11H2,1-2H3. The van der Waals surface area contributed by atoms with E-state index in [0.717, 1.165) is 12.7 Å². The van der Waals surface area contributed by atoms with Crippen molar-refractivity contribution in [3.63, 3.8) is 0 Å². The lowest BCUT2D eigenvalue weighted by atomic mass is 10.2. The van der Waals surface area contributed by atoms with Gasteiger partial charge < -0.3 is 14.5 Å². The van der Waals surface area contributed by atoms with Crippen LogP contribution in [0, 0.1) is 0 Å². The molecule has 10 heteroatoms. The minimum absolute atomic E-state index is 0.0400. The fraction of sp³-hybridized carbons (Fsp3) is 0.529. The van der Waals surface area contributed by atoms with Crippen molar-refractivity contribution >= 4 is 39.6 Å². The molecule has 2 amide bonds. The van der Waals surface area contributed by atoms with Gasteiger partial charge in [-0.3, -0.25) is 13.9 Å². The normalized spacial score (nSPS) is 14.8. The molecule has 1 aliphatic rings. The van der Waals surface area contributed by atoms with Crippen LogP contribution in [0.2, 0.25) is 5.02 Å². The monoisotopic (exact) mass is 417 g/mol. The maximum atomic E-state index is 12.3. The molecule has 2 rings (SSSR count). The number of sulfonamides is 1. The first-order valence-corrected chi connectivity index (χ1v) is 10.8. The molecule has 1 aliphatic heterocycles. The average molecular weight is 418 g/mol. The molecule has 150 valence electrons. The first-order valence-electron chi connectivity index (χ1n) is 8.54. The molecule has 1 heterocycles. The zero-order chi connectivity index (χ0) is 20.0. The molecular formula is C17H24ClN3O5S. The van der Waals surface area contributed by atoms with Crippen LogP contribution < -0.4 is 9.04 Å². The molecule has 0 atom stereocenters. The molecule has 0 aliphatic carbocycles. The second kappa shape index (κ2) is 9.27. The van der Waals surface area contributed by atoms with E-state index in [0.29, 0.717) is 49.1 Å².